The topological polar surface area (TPSA) is 34.6 Å². The predicted octanol–water partition coefficient (Wildman–Crippen LogP) is 5.28. The third-order valence-electron chi connectivity index (χ3n) is 6.11. The Balaban J connectivity index is 1.57. The average molecular weight is 425 g/mol. The average Bonchev–Trinajstić information content (AvgIpc) is 2.87. The molecule has 4 nitrogen and oxygen atoms in total. The number of ether oxygens (including phenoxy) is 2. The molecule has 162 valence electrons. The van der Waals surface area contributed by atoms with Crippen molar-refractivity contribution in [3.05, 3.63) is 108 Å². The molecule has 5 rings (SSSR count). The van der Waals surface area contributed by atoms with E-state index in [1.807, 2.05) is 30.5 Å². The van der Waals surface area contributed by atoms with Crippen LogP contribution < -0.4 is 4.74 Å². The summed E-state index contributed by atoms with van der Waals surface area (Å²) in [6, 6.07) is 29.5. The molecule has 0 N–H and O–H groups in total. The largest absolute Gasteiger partial charge is 0.486 e. The summed E-state index contributed by atoms with van der Waals surface area (Å²) in [5.74, 6) is 1.07. The van der Waals surface area contributed by atoms with E-state index < -0.39 is 0 Å². The van der Waals surface area contributed by atoms with Crippen LogP contribution in [0.25, 0.3) is 10.9 Å². The third kappa shape index (κ3) is 4.67. The van der Waals surface area contributed by atoms with Gasteiger partial charge in [-0.1, -0.05) is 78.9 Å². The Hall–Kier alpha value is -3.21. The first-order chi connectivity index (χ1) is 15.9. The molecule has 0 saturated carbocycles. The highest BCUT2D eigenvalue weighted by Gasteiger charge is 2.24. The zero-order chi connectivity index (χ0) is 21.6. The minimum Gasteiger partial charge on any atom is -0.486 e. The van der Waals surface area contributed by atoms with Crippen LogP contribution in [0.1, 0.15) is 22.6 Å². The lowest BCUT2D eigenvalue weighted by atomic mass is 9.89. The van der Waals surface area contributed by atoms with Gasteiger partial charge in [0.1, 0.15) is 17.9 Å². The molecular formula is C28H28N2O2. The van der Waals surface area contributed by atoms with Gasteiger partial charge in [-0.15, -0.1) is 0 Å². The number of nitrogens with zero attached hydrogens (tertiary/aromatic N) is 2. The number of morpholine rings is 1. The maximum atomic E-state index is 6.52. The number of pyridine rings is 1. The maximum Gasteiger partial charge on any atom is 0.149 e. The van der Waals surface area contributed by atoms with E-state index in [1.54, 1.807) is 0 Å². The second-order valence-corrected chi connectivity index (χ2v) is 8.21. The van der Waals surface area contributed by atoms with Crippen molar-refractivity contribution in [3.63, 3.8) is 0 Å². The van der Waals surface area contributed by atoms with Crippen molar-refractivity contribution in [2.45, 2.75) is 12.5 Å². The first-order valence-corrected chi connectivity index (χ1v) is 11.3. The number of fused-ring (bicyclic) bond motifs is 1. The molecule has 1 unspecified atom stereocenters. The van der Waals surface area contributed by atoms with E-state index in [0.29, 0.717) is 6.61 Å². The van der Waals surface area contributed by atoms with Crippen LogP contribution in [0.15, 0.2) is 91.1 Å². The lowest BCUT2D eigenvalue weighted by molar-refractivity contribution is 0.0364. The van der Waals surface area contributed by atoms with Crippen LogP contribution in [-0.2, 0) is 11.3 Å². The number of aromatic nitrogens is 1. The van der Waals surface area contributed by atoms with Crippen molar-refractivity contribution in [2.75, 3.05) is 32.8 Å². The Kier molecular flexibility index (Phi) is 6.42. The molecule has 0 spiro atoms. The molecule has 4 aromatic rings. The van der Waals surface area contributed by atoms with Crippen molar-refractivity contribution >= 4 is 10.9 Å². The third-order valence-corrected chi connectivity index (χ3v) is 6.11. The Morgan fingerprint density at radius 1 is 0.844 bits per heavy atom. The van der Waals surface area contributed by atoms with Gasteiger partial charge in [-0.2, -0.15) is 0 Å². The van der Waals surface area contributed by atoms with E-state index in [-0.39, 0.29) is 5.92 Å². The van der Waals surface area contributed by atoms with Gasteiger partial charge in [-0.25, -0.2) is 0 Å². The second kappa shape index (κ2) is 9.94. The molecule has 4 heteroatoms. The predicted molar refractivity (Wildman–Crippen MR) is 128 cm³/mol. The minimum atomic E-state index is 0.187. The van der Waals surface area contributed by atoms with Crippen LogP contribution in [0.5, 0.6) is 5.75 Å². The molecule has 0 radical (unpaired) electrons. The number of hydrogen-bond donors (Lipinski definition) is 0. The lowest BCUT2D eigenvalue weighted by Gasteiger charge is -2.31. The fourth-order valence-corrected chi connectivity index (χ4v) is 4.40. The first-order valence-electron chi connectivity index (χ1n) is 11.3. The van der Waals surface area contributed by atoms with Crippen LogP contribution in [0.2, 0.25) is 0 Å². The summed E-state index contributed by atoms with van der Waals surface area (Å²) in [7, 11) is 0. The first kappa shape index (κ1) is 20.7. The molecule has 1 aromatic heterocycles. The van der Waals surface area contributed by atoms with Gasteiger partial charge < -0.3 is 9.47 Å². The molecule has 3 aromatic carbocycles. The van der Waals surface area contributed by atoms with Crippen LogP contribution in [-0.4, -0.2) is 42.7 Å². The van der Waals surface area contributed by atoms with Crippen molar-refractivity contribution < 1.29 is 9.47 Å². The Labute approximate surface area is 189 Å². The molecule has 32 heavy (non-hydrogen) atoms. The van der Waals surface area contributed by atoms with Gasteiger partial charge in [-0.05, 0) is 17.2 Å². The highest BCUT2D eigenvalue weighted by Crippen LogP contribution is 2.37. The molecule has 0 bridgehead atoms. The van der Waals surface area contributed by atoms with Crippen LogP contribution in [0.4, 0.5) is 0 Å². The van der Waals surface area contributed by atoms with Crippen LogP contribution in [0, 0.1) is 0 Å². The molecular weight excluding hydrogens is 396 g/mol. The minimum absolute atomic E-state index is 0.187. The van der Waals surface area contributed by atoms with Gasteiger partial charge in [0, 0.05) is 42.7 Å². The van der Waals surface area contributed by atoms with Gasteiger partial charge in [0.05, 0.1) is 13.2 Å². The van der Waals surface area contributed by atoms with E-state index in [4.69, 9.17) is 14.5 Å². The number of rotatable bonds is 7. The molecule has 1 saturated heterocycles. The summed E-state index contributed by atoms with van der Waals surface area (Å²) in [5.41, 5.74) is 4.54. The van der Waals surface area contributed by atoms with Crippen molar-refractivity contribution in [1.82, 2.24) is 9.88 Å². The molecule has 0 amide bonds. The van der Waals surface area contributed by atoms with Gasteiger partial charge in [0.15, 0.2) is 0 Å². The summed E-state index contributed by atoms with van der Waals surface area (Å²) < 4.78 is 12.1. The second-order valence-electron chi connectivity index (χ2n) is 8.21. The van der Waals surface area contributed by atoms with Crippen molar-refractivity contribution in [2.24, 2.45) is 0 Å². The molecule has 1 fully saturated rings. The Bertz CT molecular complexity index is 1140. The van der Waals surface area contributed by atoms with E-state index in [9.17, 15) is 0 Å². The standard InChI is InChI=1S/C28H28N2O2/c1-3-8-22(9-4-1)21-32-28-25(14-13-24-12-7-15-29-27(24)28)26(23-10-5-2-6-11-23)20-30-16-18-31-19-17-30/h1-15,26H,16-21H2. The molecule has 2 heterocycles. The molecule has 1 atom stereocenters. The highest BCUT2D eigenvalue weighted by atomic mass is 16.5. The van der Waals surface area contributed by atoms with E-state index >= 15 is 0 Å². The van der Waals surface area contributed by atoms with Gasteiger partial charge in [0.25, 0.3) is 0 Å². The zero-order valence-corrected chi connectivity index (χ0v) is 18.2. The SMILES string of the molecule is c1ccc(COc2c(C(CN3CCOCC3)c3ccccc3)ccc3cccnc23)cc1. The summed E-state index contributed by atoms with van der Waals surface area (Å²) in [6.07, 6.45) is 1.85. The number of benzene rings is 3. The molecule has 1 aliphatic rings. The monoisotopic (exact) mass is 424 g/mol. The van der Waals surface area contributed by atoms with Gasteiger partial charge in [0.2, 0.25) is 0 Å². The lowest BCUT2D eigenvalue weighted by Crippen LogP contribution is -2.39. The zero-order valence-electron chi connectivity index (χ0n) is 18.2. The fourth-order valence-electron chi connectivity index (χ4n) is 4.40. The Morgan fingerprint density at radius 3 is 2.38 bits per heavy atom. The summed E-state index contributed by atoms with van der Waals surface area (Å²) >= 11 is 0. The molecule has 0 aliphatic carbocycles. The number of hydrogen-bond acceptors (Lipinski definition) is 4. The molecule has 1 aliphatic heterocycles. The smallest absolute Gasteiger partial charge is 0.149 e. The maximum absolute atomic E-state index is 6.52. The fraction of sp³-hybridized carbons (Fsp3) is 0.250. The summed E-state index contributed by atoms with van der Waals surface area (Å²) in [6.45, 7) is 4.93. The van der Waals surface area contributed by atoms with E-state index in [0.717, 1.165) is 55.1 Å². The van der Waals surface area contributed by atoms with E-state index in [2.05, 4.69) is 65.6 Å². The summed E-state index contributed by atoms with van der Waals surface area (Å²) in [4.78, 5) is 7.21. The Morgan fingerprint density at radius 2 is 1.59 bits per heavy atom. The van der Waals surface area contributed by atoms with Crippen LogP contribution >= 0.6 is 0 Å². The highest BCUT2D eigenvalue weighted by molar-refractivity contribution is 5.86. The quantitative estimate of drug-likeness (QED) is 0.404. The van der Waals surface area contributed by atoms with Gasteiger partial charge >= 0.3 is 0 Å². The summed E-state index contributed by atoms with van der Waals surface area (Å²) in [5, 5.41) is 1.09. The normalized spacial score (nSPS) is 15.5. The van der Waals surface area contributed by atoms with E-state index in [1.165, 1.54) is 11.1 Å². The van der Waals surface area contributed by atoms with Gasteiger partial charge in [-0.3, -0.25) is 9.88 Å². The van der Waals surface area contributed by atoms with Crippen molar-refractivity contribution in [1.29, 1.82) is 0 Å². The van der Waals surface area contributed by atoms with Crippen molar-refractivity contribution in [3.8, 4) is 5.75 Å². The van der Waals surface area contributed by atoms with Crippen LogP contribution in [0.3, 0.4) is 0 Å².